The third-order valence-corrected chi connectivity index (χ3v) is 4.36. The number of aliphatic carboxylic acids is 1. The van der Waals surface area contributed by atoms with Crippen LogP contribution in [0.5, 0.6) is 23.0 Å². The van der Waals surface area contributed by atoms with Crippen LogP contribution in [-0.4, -0.2) is 30.2 Å². The average molecular weight is 421 g/mol. The second-order valence-electron chi connectivity index (χ2n) is 6.39. The van der Waals surface area contributed by atoms with Gasteiger partial charge in [0.25, 0.3) is 5.69 Å². The highest BCUT2D eigenvalue weighted by molar-refractivity contribution is 6.20. The molecule has 0 spiro atoms. The highest BCUT2D eigenvalue weighted by Crippen LogP contribution is 2.28. The van der Waals surface area contributed by atoms with Crippen LogP contribution in [0.25, 0.3) is 11.6 Å². The predicted molar refractivity (Wildman–Crippen MR) is 115 cm³/mol. The molecule has 3 aromatic rings. The minimum Gasteiger partial charge on any atom is -0.497 e. The molecule has 0 atom stereocenters. The number of methoxy groups -OCH3 is 2. The molecule has 0 aliphatic carbocycles. The molecule has 3 rings (SSSR count). The van der Waals surface area contributed by atoms with Gasteiger partial charge >= 0.3 is 5.97 Å². The second kappa shape index (κ2) is 9.45. The summed E-state index contributed by atoms with van der Waals surface area (Å²) in [6, 6.07) is 17.3. The number of hydrogen-bond acceptors (Lipinski definition) is 6. The van der Waals surface area contributed by atoms with E-state index in [1.165, 1.54) is 44.6 Å². The van der Waals surface area contributed by atoms with E-state index in [1.807, 2.05) is 0 Å². The van der Waals surface area contributed by atoms with Crippen molar-refractivity contribution in [2.75, 3.05) is 14.2 Å². The molecule has 0 fully saturated rings. The van der Waals surface area contributed by atoms with Crippen LogP contribution in [0.3, 0.4) is 0 Å². The Balaban J connectivity index is 1.85. The maximum absolute atomic E-state index is 11.9. The molecule has 31 heavy (non-hydrogen) atoms. The monoisotopic (exact) mass is 421 g/mol. The summed E-state index contributed by atoms with van der Waals surface area (Å²) < 4.78 is 16.1. The molecule has 0 radical (unpaired) electrons. The van der Waals surface area contributed by atoms with Crippen LogP contribution in [0.1, 0.15) is 11.1 Å². The average Bonchev–Trinajstić information content (AvgIpc) is 2.78. The Kier molecular flexibility index (Phi) is 6.51. The maximum atomic E-state index is 11.9. The molecule has 0 bridgehead atoms. The Hall–Kier alpha value is -4.33. The molecular formula is C23H19NO7. The van der Waals surface area contributed by atoms with Gasteiger partial charge in [0, 0.05) is 18.2 Å². The van der Waals surface area contributed by atoms with Crippen LogP contribution in [0.4, 0.5) is 5.69 Å². The molecule has 1 N–H and O–H groups in total. The summed E-state index contributed by atoms with van der Waals surface area (Å²) in [5.41, 5.74) is 1.13. The lowest BCUT2D eigenvalue weighted by atomic mass is 10.0. The van der Waals surface area contributed by atoms with Gasteiger partial charge in [-0.05, 0) is 53.6 Å². The van der Waals surface area contributed by atoms with Crippen LogP contribution >= 0.6 is 0 Å². The molecule has 158 valence electrons. The van der Waals surface area contributed by atoms with E-state index in [0.29, 0.717) is 34.1 Å². The summed E-state index contributed by atoms with van der Waals surface area (Å²) in [4.78, 5) is 22.1. The predicted octanol–water partition coefficient (Wildman–Crippen LogP) is 5.03. The number of carboxylic acids is 1. The quantitative estimate of drug-likeness (QED) is 0.235. The Morgan fingerprint density at radius 1 is 0.871 bits per heavy atom. The van der Waals surface area contributed by atoms with Crippen molar-refractivity contribution in [3.63, 3.8) is 0 Å². The van der Waals surface area contributed by atoms with E-state index < -0.39 is 10.9 Å². The molecule has 0 unspecified atom stereocenters. The lowest BCUT2D eigenvalue weighted by Crippen LogP contribution is -2.00. The SMILES string of the molecule is COc1cc(/C=C(/C(=O)O)c2ccc(Oc3ccc([N+](=O)[O-])cc3)cc2)cc(OC)c1. The minimum atomic E-state index is -1.09. The summed E-state index contributed by atoms with van der Waals surface area (Å²) >= 11 is 0. The van der Waals surface area contributed by atoms with Crippen molar-refractivity contribution in [1.82, 2.24) is 0 Å². The number of benzene rings is 3. The largest absolute Gasteiger partial charge is 0.497 e. The van der Waals surface area contributed by atoms with Crippen molar-refractivity contribution in [1.29, 1.82) is 0 Å². The summed E-state index contributed by atoms with van der Waals surface area (Å²) in [5.74, 6) is 0.886. The van der Waals surface area contributed by atoms with Gasteiger partial charge in [-0.25, -0.2) is 4.79 Å². The molecule has 0 amide bonds. The smallest absolute Gasteiger partial charge is 0.336 e. The van der Waals surface area contributed by atoms with Crippen LogP contribution < -0.4 is 14.2 Å². The molecular weight excluding hydrogens is 402 g/mol. The summed E-state index contributed by atoms with van der Waals surface area (Å²) in [6.07, 6.45) is 1.53. The fourth-order valence-corrected chi connectivity index (χ4v) is 2.82. The molecule has 0 aliphatic heterocycles. The van der Waals surface area contributed by atoms with Crippen molar-refractivity contribution in [2.45, 2.75) is 0 Å². The first-order chi connectivity index (χ1) is 14.9. The number of nitro groups is 1. The van der Waals surface area contributed by atoms with Crippen LogP contribution in [0.2, 0.25) is 0 Å². The molecule has 8 nitrogen and oxygen atoms in total. The molecule has 0 aliphatic rings. The number of carbonyl (C=O) groups is 1. The molecule has 8 heteroatoms. The Morgan fingerprint density at radius 3 is 1.84 bits per heavy atom. The van der Waals surface area contributed by atoms with Gasteiger partial charge in [-0.15, -0.1) is 0 Å². The second-order valence-corrected chi connectivity index (χ2v) is 6.39. The van der Waals surface area contributed by atoms with Crippen LogP contribution in [-0.2, 0) is 4.79 Å². The van der Waals surface area contributed by atoms with Gasteiger partial charge in [-0.2, -0.15) is 0 Å². The first kappa shape index (κ1) is 21.4. The first-order valence-electron chi connectivity index (χ1n) is 9.10. The van der Waals surface area contributed by atoms with Crippen molar-refractivity contribution in [3.8, 4) is 23.0 Å². The lowest BCUT2D eigenvalue weighted by Gasteiger charge is -2.09. The fourth-order valence-electron chi connectivity index (χ4n) is 2.82. The minimum absolute atomic E-state index is 0.0342. The van der Waals surface area contributed by atoms with Crippen molar-refractivity contribution >= 4 is 23.3 Å². The van der Waals surface area contributed by atoms with E-state index in [1.54, 1.807) is 42.5 Å². The highest BCUT2D eigenvalue weighted by Gasteiger charge is 2.12. The fraction of sp³-hybridized carbons (Fsp3) is 0.0870. The van der Waals surface area contributed by atoms with Gasteiger partial charge in [-0.1, -0.05) is 12.1 Å². The van der Waals surface area contributed by atoms with E-state index in [4.69, 9.17) is 14.2 Å². The molecule has 0 saturated heterocycles. The van der Waals surface area contributed by atoms with E-state index in [9.17, 15) is 20.0 Å². The van der Waals surface area contributed by atoms with Gasteiger partial charge in [0.15, 0.2) is 0 Å². The van der Waals surface area contributed by atoms with Gasteiger partial charge in [0.05, 0.1) is 24.7 Å². The Labute approximate surface area is 178 Å². The van der Waals surface area contributed by atoms with Crippen molar-refractivity contribution in [3.05, 3.63) is 88.0 Å². The number of nitro benzene ring substituents is 1. The third-order valence-electron chi connectivity index (χ3n) is 4.36. The number of carboxylic acid groups (broad SMARTS) is 1. The number of ether oxygens (including phenoxy) is 3. The number of nitrogens with zero attached hydrogens (tertiary/aromatic N) is 1. The van der Waals surface area contributed by atoms with E-state index in [2.05, 4.69) is 0 Å². The van der Waals surface area contributed by atoms with Crippen LogP contribution in [0.15, 0.2) is 66.7 Å². The van der Waals surface area contributed by atoms with Gasteiger partial charge < -0.3 is 19.3 Å². The molecule has 0 heterocycles. The molecule has 3 aromatic carbocycles. The topological polar surface area (TPSA) is 108 Å². The standard InChI is InChI=1S/C23H19NO7/c1-29-20-11-15(12-21(14-20)30-2)13-22(23(25)26)16-3-7-18(8-4-16)31-19-9-5-17(6-10-19)24(27)28/h3-14H,1-2H3,(H,25,26)/b22-13+. The van der Waals surface area contributed by atoms with Gasteiger partial charge in [0.1, 0.15) is 23.0 Å². The van der Waals surface area contributed by atoms with Crippen molar-refractivity contribution in [2.24, 2.45) is 0 Å². The zero-order valence-electron chi connectivity index (χ0n) is 16.8. The molecule has 0 aromatic heterocycles. The zero-order chi connectivity index (χ0) is 22.4. The summed E-state index contributed by atoms with van der Waals surface area (Å²) in [5, 5.41) is 20.4. The number of non-ortho nitro benzene ring substituents is 1. The highest BCUT2D eigenvalue weighted by atomic mass is 16.6. The third kappa shape index (κ3) is 5.39. The number of rotatable bonds is 8. The lowest BCUT2D eigenvalue weighted by molar-refractivity contribution is -0.384. The summed E-state index contributed by atoms with van der Waals surface area (Å²) in [7, 11) is 3.04. The molecule has 0 saturated carbocycles. The summed E-state index contributed by atoms with van der Waals surface area (Å²) in [6.45, 7) is 0. The van der Waals surface area contributed by atoms with Crippen molar-refractivity contribution < 1.29 is 29.0 Å². The van der Waals surface area contributed by atoms with Gasteiger partial charge in [-0.3, -0.25) is 10.1 Å². The van der Waals surface area contributed by atoms with Gasteiger partial charge in [0.2, 0.25) is 0 Å². The van der Waals surface area contributed by atoms with E-state index in [-0.39, 0.29) is 11.3 Å². The normalized spacial score (nSPS) is 11.0. The Bertz CT molecular complexity index is 1100. The number of hydrogen-bond donors (Lipinski definition) is 1. The zero-order valence-corrected chi connectivity index (χ0v) is 16.8. The van der Waals surface area contributed by atoms with E-state index in [0.717, 1.165) is 0 Å². The maximum Gasteiger partial charge on any atom is 0.336 e. The first-order valence-corrected chi connectivity index (χ1v) is 9.10. The van der Waals surface area contributed by atoms with Crippen LogP contribution in [0, 0.1) is 10.1 Å². The van der Waals surface area contributed by atoms with E-state index >= 15 is 0 Å². The Morgan fingerprint density at radius 2 is 1.39 bits per heavy atom.